The Bertz CT molecular complexity index is 526. The van der Waals surface area contributed by atoms with E-state index < -0.39 is 0 Å². The standard InChI is InChI=1S/C14H15FN2O/c1-10-2-4-12(15)6-14(10)18-9-13-5-3-11(7-16)8-17-13/h2-6,8H,7,9,16H2,1H3. The van der Waals surface area contributed by atoms with E-state index >= 15 is 0 Å². The second kappa shape index (κ2) is 5.60. The number of hydrogen-bond donors (Lipinski definition) is 1. The van der Waals surface area contributed by atoms with Gasteiger partial charge >= 0.3 is 0 Å². The van der Waals surface area contributed by atoms with Gasteiger partial charge in [0.15, 0.2) is 0 Å². The molecule has 0 saturated carbocycles. The Morgan fingerprint density at radius 1 is 1.28 bits per heavy atom. The Kier molecular flexibility index (Phi) is 3.89. The van der Waals surface area contributed by atoms with Crippen molar-refractivity contribution in [2.24, 2.45) is 5.73 Å². The second-order valence-electron chi connectivity index (χ2n) is 4.06. The van der Waals surface area contributed by atoms with Crippen LogP contribution in [0.15, 0.2) is 36.5 Å². The molecule has 0 unspecified atom stereocenters. The molecule has 1 aromatic heterocycles. The summed E-state index contributed by atoms with van der Waals surface area (Å²) in [6, 6.07) is 8.25. The first kappa shape index (κ1) is 12.5. The molecule has 3 nitrogen and oxygen atoms in total. The van der Waals surface area contributed by atoms with Crippen LogP contribution in [0.4, 0.5) is 4.39 Å². The maximum atomic E-state index is 13.1. The number of nitrogens with two attached hydrogens (primary N) is 1. The Labute approximate surface area is 105 Å². The van der Waals surface area contributed by atoms with Gasteiger partial charge in [-0.3, -0.25) is 4.98 Å². The van der Waals surface area contributed by atoms with Gasteiger partial charge in [-0.1, -0.05) is 12.1 Å². The molecule has 0 aliphatic heterocycles. The number of benzene rings is 1. The molecule has 18 heavy (non-hydrogen) atoms. The number of hydrogen-bond acceptors (Lipinski definition) is 3. The number of aryl methyl sites for hydroxylation is 1. The van der Waals surface area contributed by atoms with Crippen molar-refractivity contribution in [2.75, 3.05) is 0 Å². The fourth-order valence-corrected chi connectivity index (χ4v) is 1.54. The number of halogens is 1. The largest absolute Gasteiger partial charge is 0.487 e. The predicted molar refractivity (Wildman–Crippen MR) is 67.6 cm³/mol. The Balaban J connectivity index is 2.04. The average Bonchev–Trinajstić information content (AvgIpc) is 2.40. The highest BCUT2D eigenvalue weighted by atomic mass is 19.1. The number of pyridine rings is 1. The van der Waals surface area contributed by atoms with Gasteiger partial charge in [0.05, 0.1) is 5.69 Å². The lowest BCUT2D eigenvalue weighted by molar-refractivity contribution is 0.297. The fourth-order valence-electron chi connectivity index (χ4n) is 1.54. The summed E-state index contributed by atoms with van der Waals surface area (Å²) in [5, 5.41) is 0. The van der Waals surface area contributed by atoms with Crippen LogP contribution in [0.2, 0.25) is 0 Å². The summed E-state index contributed by atoms with van der Waals surface area (Å²) in [6.07, 6.45) is 1.72. The highest BCUT2D eigenvalue weighted by Gasteiger charge is 2.03. The van der Waals surface area contributed by atoms with Crippen LogP contribution in [-0.2, 0) is 13.2 Å². The van der Waals surface area contributed by atoms with Gasteiger partial charge in [0.25, 0.3) is 0 Å². The van der Waals surface area contributed by atoms with Crippen LogP contribution in [0.1, 0.15) is 16.8 Å². The summed E-state index contributed by atoms with van der Waals surface area (Å²) in [6.45, 7) is 2.66. The van der Waals surface area contributed by atoms with Crippen molar-refractivity contribution in [1.82, 2.24) is 4.98 Å². The van der Waals surface area contributed by atoms with E-state index in [0.29, 0.717) is 18.9 Å². The average molecular weight is 246 g/mol. The maximum absolute atomic E-state index is 13.1. The third-order valence-electron chi connectivity index (χ3n) is 2.65. The molecule has 0 bridgehead atoms. The van der Waals surface area contributed by atoms with Gasteiger partial charge in [0.1, 0.15) is 18.2 Å². The van der Waals surface area contributed by atoms with Crippen molar-refractivity contribution in [3.05, 3.63) is 59.2 Å². The molecule has 0 fully saturated rings. The monoisotopic (exact) mass is 246 g/mol. The van der Waals surface area contributed by atoms with E-state index in [9.17, 15) is 4.39 Å². The highest BCUT2D eigenvalue weighted by Crippen LogP contribution is 2.19. The molecule has 0 saturated heterocycles. The predicted octanol–water partition coefficient (Wildman–Crippen LogP) is 2.57. The van der Waals surface area contributed by atoms with Crippen molar-refractivity contribution < 1.29 is 9.13 Å². The van der Waals surface area contributed by atoms with Crippen LogP contribution in [-0.4, -0.2) is 4.98 Å². The summed E-state index contributed by atoms with van der Waals surface area (Å²) in [7, 11) is 0. The molecule has 94 valence electrons. The number of ether oxygens (including phenoxy) is 1. The van der Waals surface area contributed by atoms with Gasteiger partial charge < -0.3 is 10.5 Å². The first-order chi connectivity index (χ1) is 8.69. The normalized spacial score (nSPS) is 10.4. The van der Waals surface area contributed by atoms with Crippen molar-refractivity contribution in [1.29, 1.82) is 0 Å². The summed E-state index contributed by atoms with van der Waals surface area (Å²) < 4.78 is 18.6. The first-order valence-electron chi connectivity index (χ1n) is 5.72. The van der Waals surface area contributed by atoms with Gasteiger partial charge in [0, 0.05) is 18.8 Å². The molecular weight excluding hydrogens is 231 g/mol. The maximum Gasteiger partial charge on any atom is 0.130 e. The molecule has 0 aliphatic carbocycles. The van der Waals surface area contributed by atoms with Gasteiger partial charge in [-0.15, -0.1) is 0 Å². The van der Waals surface area contributed by atoms with Crippen molar-refractivity contribution in [3.8, 4) is 5.75 Å². The zero-order chi connectivity index (χ0) is 13.0. The molecule has 0 radical (unpaired) electrons. The lowest BCUT2D eigenvalue weighted by Gasteiger charge is -2.09. The van der Waals surface area contributed by atoms with Crippen LogP contribution in [0, 0.1) is 12.7 Å². The molecule has 4 heteroatoms. The van der Waals surface area contributed by atoms with Crippen LogP contribution in [0.25, 0.3) is 0 Å². The summed E-state index contributed by atoms with van der Waals surface area (Å²) in [5.41, 5.74) is 8.15. The van der Waals surface area contributed by atoms with Crippen molar-refractivity contribution >= 4 is 0 Å². The molecule has 0 atom stereocenters. The molecule has 1 aromatic carbocycles. The Morgan fingerprint density at radius 2 is 2.11 bits per heavy atom. The van der Waals surface area contributed by atoms with Crippen molar-refractivity contribution in [3.63, 3.8) is 0 Å². The fraction of sp³-hybridized carbons (Fsp3) is 0.214. The zero-order valence-corrected chi connectivity index (χ0v) is 10.2. The zero-order valence-electron chi connectivity index (χ0n) is 10.2. The molecule has 0 spiro atoms. The van der Waals surface area contributed by atoms with Crippen LogP contribution in [0.5, 0.6) is 5.75 Å². The number of rotatable bonds is 4. The van der Waals surface area contributed by atoms with E-state index in [0.717, 1.165) is 16.8 Å². The molecule has 2 rings (SSSR count). The SMILES string of the molecule is Cc1ccc(F)cc1OCc1ccc(CN)cn1. The van der Waals surface area contributed by atoms with Gasteiger partial charge in [-0.2, -0.15) is 0 Å². The molecule has 2 N–H and O–H groups in total. The van der Waals surface area contributed by atoms with Gasteiger partial charge in [-0.05, 0) is 30.2 Å². The topological polar surface area (TPSA) is 48.1 Å². The molecule has 0 amide bonds. The second-order valence-corrected chi connectivity index (χ2v) is 4.06. The van der Waals surface area contributed by atoms with Crippen LogP contribution in [0.3, 0.4) is 0 Å². The quantitative estimate of drug-likeness (QED) is 0.902. The van der Waals surface area contributed by atoms with E-state index in [1.807, 2.05) is 19.1 Å². The van der Waals surface area contributed by atoms with Gasteiger partial charge in [0.2, 0.25) is 0 Å². The third kappa shape index (κ3) is 3.05. The summed E-state index contributed by atoms with van der Waals surface area (Å²) >= 11 is 0. The molecular formula is C14H15FN2O. The summed E-state index contributed by atoms with van der Waals surface area (Å²) in [4.78, 5) is 4.22. The smallest absolute Gasteiger partial charge is 0.130 e. The highest BCUT2D eigenvalue weighted by molar-refractivity contribution is 5.32. The van der Waals surface area contributed by atoms with E-state index in [2.05, 4.69) is 4.98 Å². The lowest BCUT2D eigenvalue weighted by atomic mass is 10.2. The minimum Gasteiger partial charge on any atom is -0.487 e. The van der Waals surface area contributed by atoms with E-state index in [1.165, 1.54) is 12.1 Å². The van der Waals surface area contributed by atoms with Gasteiger partial charge in [-0.25, -0.2) is 4.39 Å². The number of nitrogens with zero attached hydrogens (tertiary/aromatic N) is 1. The van der Waals surface area contributed by atoms with E-state index in [4.69, 9.17) is 10.5 Å². The minimum absolute atomic E-state index is 0.304. The van der Waals surface area contributed by atoms with Crippen LogP contribution < -0.4 is 10.5 Å². The molecule has 0 aliphatic rings. The summed E-state index contributed by atoms with van der Waals surface area (Å²) in [5.74, 6) is 0.238. The van der Waals surface area contributed by atoms with E-state index in [1.54, 1.807) is 12.3 Å². The lowest BCUT2D eigenvalue weighted by Crippen LogP contribution is -2.02. The van der Waals surface area contributed by atoms with E-state index in [-0.39, 0.29) is 5.82 Å². The van der Waals surface area contributed by atoms with Crippen LogP contribution >= 0.6 is 0 Å². The molecule has 2 aromatic rings. The number of aromatic nitrogens is 1. The van der Waals surface area contributed by atoms with Crippen molar-refractivity contribution in [2.45, 2.75) is 20.1 Å². The third-order valence-corrected chi connectivity index (χ3v) is 2.65. The molecule has 1 heterocycles. The minimum atomic E-state index is -0.304. The Morgan fingerprint density at radius 3 is 2.78 bits per heavy atom. The first-order valence-corrected chi connectivity index (χ1v) is 5.72. The Hall–Kier alpha value is -1.94.